The summed E-state index contributed by atoms with van der Waals surface area (Å²) in [5, 5.41) is 3.46. The lowest BCUT2D eigenvalue weighted by atomic mass is 10.1. The standard InChI is InChI=1S/C14H19N3/c1-12(14-16-10-11-17-14)15-9-5-8-13-6-3-2-4-7-13/h2-4,6-7,10-12,15H,5,8-9H2,1H3,(H,16,17). The molecule has 1 heterocycles. The van der Waals surface area contributed by atoms with Gasteiger partial charge in [0.25, 0.3) is 0 Å². The quantitative estimate of drug-likeness (QED) is 0.748. The van der Waals surface area contributed by atoms with E-state index in [-0.39, 0.29) is 0 Å². The largest absolute Gasteiger partial charge is 0.347 e. The number of nitrogens with zero attached hydrogens (tertiary/aromatic N) is 1. The molecule has 3 nitrogen and oxygen atoms in total. The third-order valence-corrected chi connectivity index (χ3v) is 2.87. The van der Waals surface area contributed by atoms with E-state index < -0.39 is 0 Å². The van der Waals surface area contributed by atoms with Crippen LogP contribution in [0.1, 0.15) is 30.8 Å². The average Bonchev–Trinajstić information content (AvgIpc) is 2.89. The third-order valence-electron chi connectivity index (χ3n) is 2.87. The minimum Gasteiger partial charge on any atom is -0.347 e. The van der Waals surface area contributed by atoms with Crippen LogP contribution in [0.3, 0.4) is 0 Å². The second-order valence-corrected chi connectivity index (χ2v) is 4.24. The minimum absolute atomic E-state index is 0.292. The molecule has 0 aliphatic carbocycles. The van der Waals surface area contributed by atoms with E-state index in [9.17, 15) is 0 Å². The van der Waals surface area contributed by atoms with Gasteiger partial charge in [0.15, 0.2) is 0 Å². The molecule has 2 aromatic rings. The van der Waals surface area contributed by atoms with Crippen LogP contribution in [0.4, 0.5) is 0 Å². The van der Waals surface area contributed by atoms with Gasteiger partial charge in [-0.15, -0.1) is 0 Å². The van der Waals surface area contributed by atoms with Crippen LogP contribution in [0.2, 0.25) is 0 Å². The second-order valence-electron chi connectivity index (χ2n) is 4.24. The SMILES string of the molecule is CC(NCCCc1ccccc1)c1ncc[nH]1. The van der Waals surface area contributed by atoms with Crippen molar-refractivity contribution in [2.24, 2.45) is 0 Å². The number of aryl methyl sites for hydroxylation is 1. The van der Waals surface area contributed by atoms with Crippen molar-refractivity contribution in [3.8, 4) is 0 Å². The molecule has 1 aromatic heterocycles. The minimum atomic E-state index is 0.292. The number of nitrogens with one attached hydrogen (secondary N) is 2. The molecule has 17 heavy (non-hydrogen) atoms. The highest BCUT2D eigenvalue weighted by molar-refractivity contribution is 5.14. The Kier molecular flexibility index (Phi) is 4.33. The normalized spacial score (nSPS) is 12.5. The highest BCUT2D eigenvalue weighted by Crippen LogP contribution is 2.06. The molecule has 1 atom stereocenters. The molecule has 0 amide bonds. The summed E-state index contributed by atoms with van der Waals surface area (Å²) in [4.78, 5) is 7.36. The number of imidazole rings is 1. The third kappa shape index (κ3) is 3.71. The average molecular weight is 229 g/mol. The molecule has 0 aliphatic rings. The summed E-state index contributed by atoms with van der Waals surface area (Å²) >= 11 is 0. The van der Waals surface area contributed by atoms with Crippen molar-refractivity contribution in [1.82, 2.24) is 15.3 Å². The van der Waals surface area contributed by atoms with E-state index in [0.29, 0.717) is 6.04 Å². The van der Waals surface area contributed by atoms with Crippen LogP contribution in [-0.2, 0) is 6.42 Å². The van der Waals surface area contributed by atoms with Crippen LogP contribution in [0.15, 0.2) is 42.7 Å². The molecule has 1 unspecified atom stereocenters. The molecule has 1 aromatic carbocycles. The Morgan fingerprint density at radius 1 is 1.29 bits per heavy atom. The Labute approximate surface area is 102 Å². The monoisotopic (exact) mass is 229 g/mol. The molecule has 0 radical (unpaired) electrons. The Morgan fingerprint density at radius 3 is 2.82 bits per heavy atom. The van der Waals surface area contributed by atoms with E-state index in [0.717, 1.165) is 25.2 Å². The second kappa shape index (κ2) is 6.21. The maximum Gasteiger partial charge on any atom is 0.122 e. The van der Waals surface area contributed by atoms with Gasteiger partial charge in [-0.1, -0.05) is 30.3 Å². The molecule has 2 N–H and O–H groups in total. The Hall–Kier alpha value is -1.61. The molecule has 0 saturated heterocycles. The fraction of sp³-hybridized carbons (Fsp3) is 0.357. The predicted octanol–water partition coefficient (Wildman–Crippen LogP) is 2.69. The molecular weight excluding hydrogens is 210 g/mol. The van der Waals surface area contributed by atoms with Gasteiger partial charge in [0.1, 0.15) is 5.82 Å². The van der Waals surface area contributed by atoms with Crippen LogP contribution >= 0.6 is 0 Å². The van der Waals surface area contributed by atoms with Gasteiger partial charge in [0.2, 0.25) is 0 Å². The maximum atomic E-state index is 4.24. The van der Waals surface area contributed by atoms with Gasteiger partial charge in [0, 0.05) is 12.4 Å². The summed E-state index contributed by atoms with van der Waals surface area (Å²) in [6.45, 7) is 3.14. The summed E-state index contributed by atoms with van der Waals surface area (Å²) in [6.07, 6.45) is 5.92. The van der Waals surface area contributed by atoms with E-state index >= 15 is 0 Å². The molecule has 0 saturated carbocycles. The number of hydrogen-bond acceptors (Lipinski definition) is 2. The first kappa shape index (κ1) is 11.9. The van der Waals surface area contributed by atoms with E-state index in [1.54, 1.807) is 6.20 Å². The fourth-order valence-electron chi connectivity index (χ4n) is 1.87. The Bertz CT molecular complexity index is 408. The first-order valence-corrected chi connectivity index (χ1v) is 6.13. The molecule has 90 valence electrons. The van der Waals surface area contributed by atoms with Crippen LogP contribution in [-0.4, -0.2) is 16.5 Å². The van der Waals surface area contributed by atoms with Gasteiger partial charge in [-0.05, 0) is 31.9 Å². The molecule has 0 spiro atoms. The maximum absolute atomic E-state index is 4.24. The van der Waals surface area contributed by atoms with Crippen molar-refractivity contribution in [3.63, 3.8) is 0 Å². The van der Waals surface area contributed by atoms with Crippen LogP contribution < -0.4 is 5.32 Å². The Balaban J connectivity index is 1.67. The number of aromatic nitrogens is 2. The number of benzene rings is 1. The highest BCUT2D eigenvalue weighted by Gasteiger charge is 2.05. The summed E-state index contributed by atoms with van der Waals surface area (Å²) in [5.74, 6) is 1.00. The Morgan fingerprint density at radius 2 is 2.12 bits per heavy atom. The van der Waals surface area contributed by atoms with Crippen LogP contribution in [0, 0.1) is 0 Å². The molecule has 0 fully saturated rings. The summed E-state index contributed by atoms with van der Waals surface area (Å²) in [7, 11) is 0. The molecule has 2 rings (SSSR count). The van der Waals surface area contributed by atoms with Crippen molar-refractivity contribution in [1.29, 1.82) is 0 Å². The van der Waals surface area contributed by atoms with Gasteiger partial charge >= 0.3 is 0 Å². The highest BCUT2D eigenvalue weighted by atomic mass is 15.0. The zero-order valence-electron chi connectivity index (χ0n) is 10.2. The molecule has 0 aliphatic heterocycles. The topological polar surface area (TPSA) is 40.7 Å². The van der Waals surface area contributed by atoms with E-state index in [1.807, 2.05) is 6.20 Å². The van der Waals surface area contributed by atoms with Crippen molar-refractivity contribution in [2.45, 2.75) is 25.8 Å². The number of hydrogen-bond donors (Lipinski definition) is 2. The van der Waals surface area contributed by atoms with Gasteiger partial charge in [-0.2, -0.15) is 0 Å². The number of rotatable bonds is 6. The lowest BCUT2D eigenvalue weighted by Crippen LogP contribution is -2.21. The smallest absolute Gasteiger partial charge is 0.122 e. The summed E-state index contributed by atoms with van der Waals surface area (Å²) in [6, 6.07) is 10.9. The van der Waals surface area contributed by atoms with Gasteiger partial charge in [-0.3, -0.25) is 0 Å². The number of H-pyrrole nitrogens is 1. The van der Waals surface area contributed by atoms with Crippen molar-refractivity contribution < 1.29 is 0 Å². The van der Waals surface area contributed by atoms with E-state index in [1.165, 1.54) is 5.56 Å². The zero-order valence-corrected chi connectivity index (χ0v) is 10.2. The fourth-order valence-corrected chi connectivity index (χ4v) is 1.87. The lowest BCUT2D eigenvalue weighted by molar-refractivity contribution is 0.538. The van der Waals surface area contributed by atoms with Gasteiger partial charge in [0.05, 0.1) is 6.04 Å². The van der Waals surface area contributed by atoms with Crippen LogP contribution in [0.5, 0.6) is 0 Å². The first-order valence-electron chi connectivity index (χ1n) is 6.13. The first-order chi connectivity index (χ1) is 8.36. The van der Waals surface area contributed by atoms with Gasteiger partial charge in [-0.25, -0.2) is 4.98 Å². The molecule has 3 heteroatoms. The summed E-state index contributed by atoms with van der Waals surface area (Å²) in [5.41, 5.74) is 1.40. The van der Waals surface area contributed by atoms with Crippen molar-refractivity contribution >= 4 is 0 Å². The van der Waals surface area contributed by atoms with Crippen LogP contribution in [0.25, 0.3) is 0 Å². The summed E-state index contributed by atoms with van der Waals surface area (Å²) < 4.78 is 0. The van der Waals surface area contributed by atoms with Crippen molar-refractivity contribution in [2.75, 3.05) is 6.54 Å². The zero-order chi connectivity index (χ0) is 11.9. The van der Waals surface area contributed by atoms with Gasteiger partial charge < -0.3 is 10.3 Å². The number of aromatic amines is 1. The molecule has 0 bridgehead atoms. The van der Waals surface area contributed by atoms with E-state index in [4.69, 9.17) is 0 Å². The lowest BCUT2D eigenvalue weighted by Gasteiger charge is -2.11. The molecular formula is C14H19N3. The predicted molar refractivity (Wildman–Crippen MR) is 69.8 cm³/mol. The van der Waals surface area contributed by atoms with E-state index in [2.05, 4.69) is 52.5 Å². The van der Waals surface area contributed by atoms with Crippen molar-refractivity contribution in [3.05, 3.63) is 54.1 Å².